The largest absolute Gasteiger partial charge is 0.411 e. The van der Waals surface area contributed by atoms with E-state index in [1.807, 2.05) is 0 Å². The first-order valence-corrected chi connectivity index (χ1v) is 6.21. The molecular formula is C12H11ClF3N3O2. The lowest BCUT2D eigenvalue weighted by Gasteiger charge is -2.08. The Morgan fingerprint density at radius 2 is 2.05 bits per heavy atom. The summed E-state index contributed by atoms with van der Waals surface area (Å²) >= 11 is 5.99. The van der Waals surface area contributed by atoms with E-state index in [0.29, 0.717) is 10.6 Å². The van der Waals surface area contributed by atoms with Gasteiger partial charge in [0.25, 0.3) is 0 Å². The topological polar surface area (TPSA) is 74.2 Å². The van der Waals surface area contributed by atoms with Crippen molar-refractivity contribution in [1.29, 1.82) is 0 Å². The van der Waals surface area contributed by atoms with Gasteiger partial charge in [0.1, 0.15) is 19.3 Å². The first-order chi connectivity index (χ1) is 9.87. The summed E-state index contributed by atoms with van der Waals surface area (Å²) in [5, 5.41) is 3.94. The lowest BCUT2D eigenvalue weighted by Crippen LogP contribution is -2.17. The minimum atomic E-state index is -4.40. The van der Waals surface area contributed by atoms with Crippen LogP contribution in [0.15, 0.2) is 28.8 Å². The zero-order chi connectivity index (χ0) is 15.5. The number of benzene rings is 1. The Hall–Kier alpha value is -1.64. The van der Waals surface area contributed by atoms with Gasteiger partial charge in [-0.3, -0.25) is 0 Å². The average molecular weight is 322 g/mol. The van der Waals surface area contributed by atoms with Crippen molar-refractivity contribution >= 4 is 11.6 Å². The summed E-state index contributed by atoms with van der Waals surface area (Å²) < 4.78 is 45.1. The van der Waals surface area contributed by atoms with Gasteiger partial charge in [0, 0.05) is 5.02 Å². The van der Waals surface area contributed by atoms with Gasteiger partial charge in [-0.15, -0.1) is 0 Å². The van der Waals surface area contributed by atoms with E-state index in [2.05, 4.69) is 14.9 Å². The molecule has 2 aromatic rings. The zero-order valence-electron chi connectivity index (χ0n) is 10.6. The van der Waals surface area contributed by atoms with Crippen LogP contribution in [0.3, 0.4) is 0 Å². The molecule has 0 fully saturated rings. The molecule has 0 radical (unpaired) electrons. The third-order valence-electron chi connectivity index (χ3n) is 2.49. The zero-order valence-corrected chi connectivity index (χ0v) is 11.4. The van der Waals surface area contributed by atoms with Crippen molar-refractivity contribution in [2.75, 3.05) is 6.61 Å². The molecule has 0 aliphatic carbocycles. The summed E-state index contributed by atoms with van der Waals surface area (Å²) in [5.74, 6) is 0.0328. The highest BCUT2D eigenvalue weighted by Gasteiger charge is 2.28. The highest BCUT2D eigenvalue weighted by atomic mass is 35.5. The van der Waals surface area contributed by atoms with Crippen molar-refractivity contribution in [2.24, 2.45) is 5.73 Å². The third kappa shape index (κ3) is 4.42. The van der Waals surface area contributed by atoms with E-state index in [9.17, 15) is 13.2 Å². The number of rotatable bonds is 5. The Balaban J connectivity index is 2.01. The summed E-state index contributed by atoms with van der Waals surface area (Å²) in [4.78, 5) is 3.89. The van der Waals surface area contributed by atoms with Gasteiger partial charge in [-0.25, -0.2) is 0 Å². The van der Waals surface area contributed by atoms with Crippen LogP contribution in [-0.2, 0) is 11.3 Å². The van der Waals surface area contributed by atoms with Crippen molar-refractivity contribution in [3.05, 3.63) is 46.6 Å². The standard InChI is InChI=1S/C12H11ClF3N3O2/c13-8-4-2-1-3-7(8)10(17)11-18-9(19-21-11)5-20-6-12(14,15)16/h1-4,10H,5-6,17H2/t10-/m1/s1. The average Bonchev–Trinajstić information content (AvgIpc) is 2.86. The molecule has 5 nitrogen and oxygen atoms in total. The lowest BCUT2D eigenvalue weighted by atomic mass is 10.1. The summed E-state index contributed by atoms with van der Waals surface area (Å²) in [6, 6.07) is 6.06. The Bertz CT molecular complexity index is 603. The maximum atomic E-state index is 11.9. The molecule has 0 saturated heterocycles. The second-order valence-electron chi connectivity index (χ2n) is 4.16. The van der Waals surface area contributed by atoms with Crippen LogP contribution in [-0.4, -0.2) is 22.9 Å². The predicted octanol–water partition coefficient (Wildman–Crippen LogP) is 2.85. The van der Waals surface area contributed by atoms with Gasteiger partial charge in [-0.2, -0.15) is 18.2 Å². The van der Waals surface area contributed by atoms with Crippen molar-refractivity contribution < 1.29 is 22.4 Å². The number of hydrogen-bond acceptors (Lipinski definition) is 5. The monoisotopic (exact) mass is 321 g/mol. The molecule has 1 atom stereocenters. The van der Waals surface area contributed by atoms with Gasteiger partial charge in [0.05, 0.1) is 0 Å². The summed E-state index contributed by atoms with van der Waals surface area (Å²) in [5.41, 5.74) is 6.50. The van der Waals surface area contributed by atoms with Crippen LogP contribution in [0.4, 0.5) is 13.2 Å². The molecule has 1 heterocycles. The number of nitrogens with zero attached hydrogens (tertiary/aromatic N) is 2. The Labute approximate surface area is 122 Å². The molecule has 1 aromatic heterocycles. The normalized spacial score (nSPS) is 13.4. The summed E-state index contributed by atoms with van der Waals surface area (Å²) in [6.07, 6.45) is -4.40. The number of ether oxygens (including phenoxy) is 1. The Kier molecular flexibility index (Phi) is 4.81. The highest BCUT2D eigenvalue weighted by Crippen LogP contribution is 2.25. The number of alkyl halides is 3. The molecule has 0 bridgehead atoms. The van der Waals surface area contributed by atoms with Crippen molar-refractivity contribution in [3.8, 4) is 0 Å². The maximum Gasteiger partial charge on any atom is 0.411 e. The van der Waals surface area contributed by atoms with E-state index in [1.54, 1.807) is 24.3 Å². The van der Waals surface area contributed by atoms with Gasteiger partial charge < -0.3 is 15.0 Å². The van der Waals surface area contributed by atoms with Gasteiger partial charge in [0.15, 0.2) is 5.82 Å². The molecule has 0 spiro atoms. The van der Waals surface area contributed by atoms with Gasteiger partial charge in [0.2, 0.25) is 5.89 Å². The number of halogens is 4. The second kappa shape index (κ2) is 6.42. The minimum absolute atomic E-state index is 0.0169. The van der Waals surface area contributed by atoms with Crippen molar-refractivity contribution in [1.82, 2.24) is 10.1 Å². The van der Waals surface area contributed by atoms with Crippen molar-refractivity contribution in [2.45, 2.75) is 18.8 Å². The summed E-state index contributed by atoms with van der Waals surface area (Å²) in [7, 11) is 0. The highest BCUT2D eigenvalue weighted by molar-refractivity contribution is 6.31. The van der Waals surface area contributed by atoms with Crippen LogP contribution in [0.5, 0.6) is 0 Å². The van der Waals surface area contributed by atoms with Crippen LogP contribution in [0.1, 0.15) is 23.3 Å². The molecule has 0 amide bonds. The van der Waals surface area contributed by atoms with E-state index in [1.165, 1.54) is 0 Å². The Morgan fingerprint density at radius 1 is 1.33 bits per heavy atom. The maximum absolute atomic E-state index is 11.9. The Morgan fingerprint density at radius 3 is 2.71 bits per heavy atom. The van der Waals surface area contributed by atoms with Gasteiger partial charge >= 0.3 is 6.18 Å². The quantitative estimate of drug-likeness (QED) is 0.916. The van der Waals surface area contributed by atoms with Crippen LogP contribution in [0.2, 0.25) is 5.02 Å². The molecule has 0 aliphatic rings. The first kappa shape index (κ1) is 15.7. The fourth-order valence-corrected chi connectivity index (χ4v) is 1.82. The molecule has 2 rings (SSSR count). The van der Waals surface area contributed by atoms with Crippen LogP contribution >= 0.6 is 11.6 Å². The van der Waals surface area contributed by atoms with Crippen LogP contribution < -0.4 is 5.73 Å². The molecule has 114 valence electrons. The van der Waals surface area contributed by atoms with Gasteiger partial charge in [-0.05, 0) is 11.6 Å². The van der Waals surface area contributed by atoms with E-state index < -0.39 is 25.4 Å². The number of nitrogens with two attached hydrogens (primary N) is 1. The number of aromatic nitrogens is 2. The van der Waals surface area contributed by atoms with E-state index in [-0.39, 0.29) is 11.7 Å². The fourth-order valence-electron chi connectivity index (χ4n) is 1.57. The molecule has 21 heavy (non-hydrogen) atoms. The minimum Gasteiger partial charge on any atom is -0.364 e. The molecule has 0 aliphatic heterocycles. The van der Waals surface area contributed by atoms with E-state index >= 15 is 0 Å². The van der Waals surface area contributed by atoms with Crippen molar-refractivity contribution in [3.63, 3.8) is 0 Å². The predicted molar refractivity (Wildman–Crippen MR) is 67.5 cm³/mol. The lowest BCUT2D eigenvalue weighted by molar-refractivity contribution is -0.177. The van der Waals surface area contributed by atoms with E-state index in [0.717, 1.165) is 0 Å². The van der Waals surface area contributed by atoms with E-state index in [4.69, 9.17) is 21.9 Å². The molecular weight excluding hydrogens is 311 g/mol. The smallest absolute Gasteiger partial charge is 0.364 e. The molecule has 2 N–H and O–H groups in total. The molecule has 0 saturated carbocycles. The summed E-state index contributed by atoms with van der Waals surface area (Å²) in [6.45, 7) is -1.80. The fraction of sp³-hybridized carbons (Fsp3) is 0.333. The molecule has 1 aromatic carbocycles. The SMILES string of the molecule is N[C@@H](c1nc(COCC(F)(F)F)no1)c1ccccc1Cl. The molecule has 9 heteroatoms. The second-order valence-corrected chi connectivity index (χ2v) is 4.56. The third-order valence-corrected chi connectivity index (χ3v) is 2.83. The van der Waals surface area contributed by atoms with Crippen LogP contribution in [0.25, 0.3) is 0 Å². The molecule has 0 unspecified atom stereocenters. The van der Waals surface area contributed by atoms with Gasteiger partial charge in [-0.1, -0.05) is 35.0 Å². The van der Waals surface area contributed by atoms with Crippen LogP contribution in [0, 0.1) is 0 Å². The first-order valence-electron chi connectivity index (χ1n) is 5.84. The number of hydrogen-bond donors (Lipinski definition) is 1.